The van der Waals surface area contributed by atoms with Crippen LogP contribution in [0.4, 0.5) is 0 Å². The molecule has 1 N–H and O–H groups in total. The Morgan fingerprint density at radius 1 is 1.20 bits per heavy atom. The van der Waals surface area contributed by atoms with Gasteiger partial charge in [-0.05, 0) is 38.2 Å². The predicted octanol–water partition coefficient (Wildman–Crippen LogP) is 3.23. The van der Waals surface area contributed by atoms with E-state index in [1.54, 1.807) is 0 Å². The fourth-order valence-electron chi connectivity index (χ4n) is 2.58. The van der Waals surface area contributed by atoms with E-state index in [2.05, 4.69) is 25.6 Å². The highest BCUT2D eigenvalue weighted by molar-refractivity contribution is 5.81. The van der Waals surface area contributed by atoms with E-state index in [-0.39, 0.29) is 25.1 Å². The van der Waals surface area contributed by atoms with Gasteiger partial charge in [0.15, 0.2) is 0 Å². The van der Waals surface area contributed by atoms with Crippen LogP contribution in [0, 0.1) is 5.41 Å². The average molecular weight is 348 g/mol. The maximum Gasteiger partial charge on any atom is 0.330 e. The summed E-state index contributed by atoms with van der Waals surface area (Å²) >= 11 is 0. The molecule has 2 atom stereocenters. The van der Waals surface area contributed by atoms with Crippen LogP contribution in [0.1, 0.15) is 45.1 Å². The molecule has 2 unspecified atom stereocenters. The van der Waals surface area contributed by atoms with Gasteiger partial charge in [-0.15, -0.1) is 0 Å². The lowest BCUT2D eigenvalue weighted by atomic mass is 9.79. The second kappa shape index (κ2) is 9.99. The molecule has 0 aliphatic carbocycles. The zero-order chi connectivity index (χ0) is 18.9. The third kappa shape index (κ3) is 7.10. The van der Waals surface area contributed by atoms with Crippen LogP contribution in [-0.4, -0.2) is 36.4 Å². The van der Waals surface area contributed by atoms with E-state index in [0.29, 0.717) is 6.42 Å². The van der Waals surface area contributed by atoms with E-state index in [1.165, 1.54) is 5.56 Å². The Morgan fingerprint density at radius 3 is 2.36 bits per heavy atom. The molecule has 0 spiro atoms. The molecule has 0 saturated heterocycles. The molecule has 25 heavy (non-hydrogen) atoms. The molecular weight excluding hydrogens is 320 g/mol. The number of hydrogen-bond donors (Lipinski definition) is 1. The van der Waals surface area contributed by atoms with Crippen molar-refractivity contribution in [3.8, 4) is 0 Å². The van der Waals surface area contributed by atoms with E-state index in [0.717, 1.165) is 12.5 Å². The van der Waals surface area contributed by atoms with Gasteiger partial charge in [-0.1, -0.05) is 43.8 Å². The van der Waals surface area contributed by atoms with Crippen LogP contribution in [0.5, 0.6) is 0 Å². The highest BCUT2D eigenvalue weighted by Crippen LogP contribution is 2.34. The fraction of sp³-hybridized carbons (Fsp3) is 0.500. The van der Waals surface area contributed by atoms with Crippen molar-refractivity contribution in [3.63, 3.8) is 0 Å². The predicted molar refractivity (Wildman–Crippen MR) is 96.0 cm³/mol. The van der Waals surface area contributed by atoms with E-state index >= 15 is 0 Å². The third-order valence-electron chi connectivity index (χ3n) is 4.06. The van der Waals surface area contributed by atoms with Crippen molar-refractivity contribution < 1.29 is 24.2 Å². The lowest BCUT2D eigenvalue weighted by Crippen LogP contribution is -2.32. The molecule has 0 saturated carbocycles. The Morgan fingerprint density at radius 2 is 1.80 bits per heavy atom. The maximum absolute atomic E-state index is 12.4. The van der Waals surface area contributed by atoms with Crippen molar-refractivity contribution in [2.45, 2.75) is 45.6 Å². The van der Waals surface area contributed by atoms with Crippen LogP contribution in [-0.2, 0) is 19.1 Å². The van der Waals surface area contributed by atoms with Crippen LogP contribution in [0.2, 0.25) is 0 Å². The number of ether oxygens (including phenoxy) is 2. The van der Waals surface area contributed by atoms with Crippen molar-refractivity contribution >= 4 is 11.9 Å². The summed E-state index contributed by atoms with van der Waals surface area (Å²) in [7, 11) is 0. The molecule has 0 amide bonds. The minimum atomic E-state index is -1.06. The lowest BCUT2D eigenvalue weighted by molar-refractivity contribution is -0.159. The number of rotatable bonds is 10. The van der Waals surface area contributed by atoms with Crippen molar-refractivity contribution in [2.24, 2.45) is 5.41 Å². The number of benzene rings is 1. The molecule has 5 heteroatoms. The number of hydrogen-bond acceptors (Lipinski definition) is 5. The average Bonchev–Trinajstić information content (AvgIpc) is 2.62. The number of esters is 2. The maximum atomic E-state index is 12.4. The Labute approximate surface area is 149 Å². The Balaban J connectivity index is 2.54. The van der Waals surface area contributed by atoms with E-state index in [9.17, 15) is 14.7 Å². The Bertz CT molecular complexity index is 565. The van der Waals surface area contributed by atoms with Crippen LogP contribution in [0.15, 0.2) is 43.0 Å². The monoisotopic (exact) mass is 348 g/mol. The quantitative estimate of drug-likeness (QED) is 0.519. The summed E-state index contributed by atoms with van der Waals surface area (Å²) in [6, 6.07) is 10.1. The minimum absolute atomic E-state index is 0.213. The summed E-state index contributed by atoms with van der Waals surface area (Å²) in [4.78, 5) is 23.3. The summed E-state index contributed by atoms with van der Waals surface area (Å²) in [5.41, 5.74) is 0.510. The van der Waals surface area contributed by atoms with Gasteiger partial charge in [0.2, 0.25) is 0 Å². The van der Waals surface area contributed by atoms with Gasteiger partial charge >= 0.3 is 11.9 Å². The highest BCUT2D eigenvalue weighted by Gasteiger charge is 2.33. The first-order valence-electron chi connectivity index (χ1n) is 8.49. The first-order valence-corrected chi connectivity index (χ1v) is 8.49. The van der Waals surface area contributed by atoms with Crippen LogP contribution in [0.3, 0.4) is 0 Å². The standard InChI is InChI=1S/C20H28O5/c1-5-15(16-10-8-7-9-11-16)12-20(3,4)19(23)25-14-17(21)13-24-18(22)6-2/h6-11,15,17,21H,2,5,12-14H2,1,3-4H3. The van der Waals surface area contributed by atoms with E-state index in [4.69, 9.17) is 9.47 Å². The number of aliphatic hydroxyl groups excluding tert-OH is 1. The summed E-state index contributed by atoms with van der Waals surface area (Å²) in [5.74, 6) is -0.752. The molecule has 0 bridgehead atoms. The molecule has 0 aromatic heterocycles. The van der Waals surface area contributed by atoms with Gasteiger partial charge < -0.3 is 14.6 Å². The van der Waals surface area contributed by atoms with Crippen molar-refractivity contribution in [2.75, 3.05) is 13.2 Å². The smallest absolute Gasteiger partial charge is 0.330 e. The summed E-state index contributed by atoms with van der Waals surface area (Å²) in [6.07, 6.45) is 1.52. The molecule has 0 fully saturated rings. The zero-order valence-corrected chi connectivity index (χ0v) is 15.2. The molecule has 0 heterocycles. The summed E-state index contributed by atoms with van der Waals surface area (Å²) in [5, 5.41) is 9.73. The molecule has 1 aromatic carbocycles. The fourth-order valence-corrected chi connectivity index (χ4v) is 2.58. The second-order valence-electron chi connectivity index (χ2n) is 6.69. The van der Waals surface area contributed by atoms with Gasteiger partial charge in [-0.3, -0.25) is 4.79 Å². The van der Waals surface area contributed by atoms with Gasteiger partial charge in [-0.25, -0.2) is 4.79 Å². The molecule has 0 aliphatic rings. The molecular formula is C20H28O5. The van der Waals surface area contributed by atoms with Crippen LogP contribution >= 0.6 is 0 Å². The zero-order valence-electron chi connectivity index (χ0n) is 15.2. The second-order valence-corrected chi connectivity index (χ2v) is 6.69. The van der Waals surface area contributed by atoms with Gasteiger partial charge in [0.25, 0.3) is 0 Å². The van der Waals surface area contributed by atoms with Crippen molar-refractivity contribution in [1.82, 2.24) is 0 Å². The SMILES string of the molecule is C=CC(=O)OCC(O)COC(=O)C(C)(C)CC(CC)c1ccccc1. The van der Waals surface area contributed by atoms with Gasteiger partial charge in [0.1, 0.15) is 19.3 Å². The highest BCUT2D eigenvalue weighted by atomic mass is 16.6. The molecule has 5 nitrogen and oxygen atoms in total. The number of aliphatic hydroxyl groups is 1. The number of carbonyl (C=O) groups is 2. The Hall–Kier alpha value is -2.14. The van der Waals surface area contributed by atoms with Gasteiger partial charge in [0, 0.05) is 6.08 Å². The Kier molecular flexibility index (Phi) is 8.35. The first kappa shape index (κ1) is 20.9. The molecule has 0 aliphatic heterocycles. The minimum Gasteiger partial charge on any atom is -0.462 e. The molecule has 0 radical (unpaired) electrons. The lowest BCUT2D eigenvalue weighted by Gasteiger charge is -2.28. The third-order valence-corrected chi connectivity index (χ3v) is 4.06. The van der Waals surface area contributed by atoms with Gasteiger partial charge in [-0.2, -0.15) is 0 Å². The summed E-state index contributed by atoms with van der Waals surface area (Å²) < 4.78 is 9.92. The van der Waals surface area contributed by atoms with E-state index in [1.807, 2.05) is 32.0 Å². The number of carbonyl (C=O) groups excluding carboxylic acids is 2. The summed E-state index contributed by atoms with van der Waals surface area (Å²) in [6.45, 7) is 8.59. The van der Waals surface area contributed by atoms with Crippen molar-refractivity contribution in [1.29, 1.82) is 0 Å². The van der Waals surface area contributed by atoms with Crippen LogP contribution < -0.4 is 0 Å². The van der Waals surface area contributed by atoms with Gasteiger partial charge in [0.05, 0.1) is 5.41 Å². The first-order chi connectivity index (χ1) is 11.8. The van der Waals surface area contributed by atoms with Crippen LogP contribution in [0.25, 0.3) is 0 Å². The molecule has 1 rings (SSSR count). The topological polar surface area (TPSA) is 72.8 Å². The van der Waals surface area contributed by atoms with Crippen molar-refractivity contribution in [3.05, 3.63) is 48.6 Å². The van der Waals surface area contributed by atoms with E-state index < -0.39 is 17.5 Å². The normalized spacial score (nSPS) is 13.6. The molecule has 1 aromatic rings. The molecule has 138 valence electrons. The largest absolute Gasteiger partial charge is 0.462 e.